The molecule has 0 radical (unpaired) electrons. The van der Waals surface area contributed by atoms with Crippen LogP contribution in [0.2, 0.25) is 0 Å². The summed E-state index contributed by atoms with van der Waals surface area (Å²) in [6.45, 7) is 7.83. The second kappa shape index (κ2) is 4.86. The highest BCUT2D eigenvalue weighted by atomic mass is 16.3. The lowest BCUT2D eigenvalue weighted by molar-refractivity contribution is 0.217. The van der Waals surface area contributed by atoms with Crippen LogP contribution in [-0.2, 0) is 0 Å². The Kier molecular flexibility index (Phi) is 3.43. The molecule has 0 aliphatic heterocycles. The predicted octanol–water partition coefficient (Wildman–Crippen LogP) is 2.79. The molecule has 1 unspecified atom stereocenters. The monoisotopic (exact) mass is 242 g/mol. The van der Waals surface area contributed by atoms with Crippen molar-refractivity contribution in [2.24, 2.45) is 0 Å². The first-order valence-electron chi connectivity index (χ1n) is 6.05. The molecule has 0 spiro atoms. The molecule has 0 aliphatic carbocycles. The molecule has 1 aromatic carbocycles. The molecule has 1 heterocycles. The van der Waals surface area contributed by atoms with E-state index in [4.69, 9.17) is 0 Å². The SMILES string of the molecule is Cc1cc(C(O)c2cccc(C)c2C)c(C)nn1. The Bertz CT molecular complexity index is 577. The van der Waals surface area contributed by atoms with E-state index in [1.807, 2.05) is 39.0 Å². The van der Waals surface area contributed by atoms with Gasteiger partial charge in [-0.1, -0.05) is 18.2 Å². The topological polar surface area (TPSA) is 46.0 Å². The van der Waals surface area contributed by atoms with Crippen molar-refractivity contribution in [2.75, 3.05) is 0 Å². The average Bonchev–Trinajstić information content (AvgIpc) is 2.35. The van der Waals surface area contributed by atoms with E-state index in [-0.39, 0.29) is 0 Å². The molecular weight excluding hydrogens is 224 g/mol. The number of aliphatic hydroxyl groups excluding tert-OH is 1. The Morgan fingerprint density at radius 3 is 2.44 bits per heavy atom. The van der Waals surface area contributed by atoms with E-state index in [9.17, 15) is 5.11 Å². The quantitative estimate of drug-likeness (QED) is 0.880. The van der Waals surface area contributed by atoms with Gasteiger partial charge in [-0.05, 0) is 50.5 Å². The minimum Gasteiger partial charge on any atom is -0.384 e. The van der Waals surface area contributed by atoms with Gasteiger partial charge in [0.15, 0.2) is 0 Å². The van der Waals surface area contributed by atoms with Gasteiger partial charge in [0.05, 0.1) is 11.4 Å². The van der Waals surface area contributed by atoms with Crippen molar-refractivity contribution >= 4 is 0 Å². The lowest BCUT2D eigenvalue weighted by Gasteiger charge is -2.17. The molecular formula is C15H18N2O. The van der Waals surface area contributed by atoms with Crippen LogP contribution in [0.5, 0.6) is 0 Å². The predicted molar refractivity (Wildman–Crippen MR) is 71.5 cm³/mol. The Labute approximate surface area is 108 Å². The van der Waals surface area contributed by atoms with Gasteiger partial charge in [-0.15, -0.1) is 0 Å². The zero-order valence-electron chi connectivity index (χ0n) is 11.2. The van der Waals surface area contributed by atoms with Gasteiger partial charge in [-0.3, -0.25) is 0 Å². The molecule has 2 aromatic rings. The van der Waals surface area contributed by atoms with Gasteiger partial charge >= 0.3 is 0 Å². The van der Waals surface area contributed by atoms with Crippen LogP contribution in [0.3, 0.4) is 0 Å². The average molecular weight is 242 g/mol. The fourth-order valence-corrected chi connectivity index (χ4v) is 2.08. The summed E-state index contributed by atoms with van der Waals surface area (Å²) in [6, 6.07) is 7.88. The fraction of sp³-hybridized carbons (Fsp3) is 0.333. The Morgan fingerprint density at radius 2 is 1.72 bits per heavy atom. The second-order valence-corrected chi connectivity index (χ2v) is 4.72. The molecule has 0 fully saturated rings. The molecule has 1 atom stereocenters. The molecule has 0 saturated heterocycles. The molecule has 0 aliphatic rings. The number of hydrogen-bond acceptors (Lipinski definition) is 3. The Balaban J connectivity index is 2.51. The summed E-state index contributed by atoms with van der Waals surface area (Å²) >= 11 is 0. The van der Waals surface area contributed by atoms with E-state index in [1.54, 1.807) is 0 Å². The summed E-state index contributed by atoms with van der Waals surface area (Å²) in [5.74, 6) is 0. The van der Waals surface area contributed by atoms with Crippen LogP contribution in [-0.4, -0.2) is 15.3 Å². The first kappa shape index (κ1) is 12.7. The number of benzene rings is 1. The van der Waals surface area contributed by atoms with Crippen molar-refractivity contribution < 1.29 is 5.11 Å². The smallest absolute Gasteiger partial charge is 0.106 e. The third-order valence-electron chi connectivity index (χ3n) is 3.38. The van der Waals surface area contributed by atoms with Crippen molar-refractivity contribution in [3.63, 3.8) is 0 Å². The van der Waals surface area contributed by atoms with E-state index in [0.29, 0.717) is 0 Å². The fourth-order valence-electron chi connectivity index (χ4n) is 2.08. The standard InChI is InChI=1S/C15H18N2O/c1-9-6-5-7-13(11(9)3)15(18)14-8-10(2)16-17-12(14)4/h5-8,15,18H,1-4H3. The molecule has 3 nitrogen and oxygen atoms in total. The molecule has 0 saturated carbocycles. The van der Waals surface area contributed by atoms with Crippen LogP contribution >= 0.6 is 0 Å². The van der Waals surface area contributed by atoms with Crippen molar-refractivity contribution in [3.05, 3.63) is 57.9 Å². The lowest BCUT2D eigenvalue weighted by Crippen LogP contribution is -2.07. The maximum Gasteiger partial charge on any atom is 0.106 e. The molecule has 3 heteroatoms. The van der Waals surface area contributed by atoms with Crippen LogP contribution < -0.4 is 0 Å². The highest BCUT2D eigenvalue weighted by Crippen LogP contribution is 2.27. The lowest BCUT2D eigenvalue weighted by atomic mass is 9.94. The van der Waals surface area contributed by atoms with Gasteiger partial charge in [-0.2, -0.15) is 10.2 Å². The van der Waals surface area contributed by atoms with Gasteiger partial charge in [0.2, 0.25) is 0 Å². The van der Waals surface area contributed by atoms with Crippen LogP contribution in [0, 0.1) is 27.7 Å². The van der Waals surface area contributed by atoms with Crippen LogP contribution in [0.25, 0.3) is 0 Å². The number of aliphatic hydroxyl groups is 1. The zero-order valence-corrected chi connectivity index (χ0v) is 11.2. The maximum atomic E-state index is 10.5. The molecule has 18 heavy (non-hydrogen) atoms. The maximum absolute atomic E-state index is 10.5. The summed E-state index contributed by atoms with van der Waals surface area (Å²) in [7, 11) is 0. The molecule has 2 rings (SSSR count). The number of aryl methyl sites for hydroxylation is 3. The Hall–Kier alpha value is -1.74. The normalized spacial score (nSPS) is 12.5. The molecule has 0 bridgehead atoms. The molecule has 94 valence electrons. The number of hydrogen-bond donors (Lipinski definition) is 1. The largest absolute Gasteiger partial charge is 0.384 e. The van der Waals surface area contributed by atoms with Crippen molar-refractivity contribution in [2.45, 2.75) is 33.8 Å². The van der Waals surface area contributed by atoms with Gasteiger partial charge < -0.3 is 5.11 Å². The summed E-state index contributed by atoms with van der Waals surface area (Å²) in [5, 5.41) is 18.6. The van der Waals surface area contributed by atoms with Crippen molar-refractivity contribution in [3.8, 4) is 0 Å². The summed E-state index contributed by atoms with van der Waals surface area (Å²) in [5.41, 5.74) is 5.66. The second-order valence-electron chi connectivity index (χ2n) is 4.72. The van der Waals surface area contributed by atoms with E-state index in [0.717, 1.165) is 28.1 Å². The third-order valence-corrected chi connectivity index (χ3v) is 3.38. The molecule has 0 amide bonds. The van der Waals surface area contributed by atoms with E-state index < -0.39 is 6.10 Å². The number of rotatable bonds is 2. The highest BCUT2D eigenvalue weighted by molar-refractivity contribution is 5.40. The molecule has 1 N–H and O–H groups in total. The summed E-state index contributed by atoms with van der Waals surface area (Å²) in [4.78, 5) is 0. The van der Waals surface area contributed by atoms with E-state index >= 15 is 0 Å². The van der Waals surface area contributed by atoms with Crippen molar-refractivity contribution in [1.29, 1.82) is 0 Å². The Morgan fingerprint density at radius 1 is 1.00 bits per heavy atom. The minimum absolute atomic E-state index is 0.640. The number of aromatic nitrogens is 2. The van der Waals surface area contributed by atoms with E-state index in [2.05, 4.69) is 23.2 Å². The summed E-state index contributed by atoms with van der Waals surface area (Å²) in [6.07, 6.45) is -0.640. The zero-order chi connectivity index (χ0) is 13.3. The van der Waals surface area contributed by atoms with Crippen LogP contribution in [0.4, 0.5) is 0 Å². The van der Waals surface area contributed by atoms with E-state index in [1.165, 1.54) is 5.56 Å². The molecule has 1 aromatic heterocycles. The number of nitrogens with zero attached hydrogens (tertiary/aromatic N) is 2. The third kappa shape index (κ3) is 2.27. The highest BCUT2D eigenvalue weighted by Gasteiger charge is 2.17. The van der Waals surface area contributed by atoms with Crippen LogP contribution in [0.15, 0.2) is 24.3 Å². The van der Waals surface area contributed by atoms with Gasteiger partial charge in [0.1, 0.15) is 6.10 Å². The minimum atomic E-state index is -0.640. The first-order chi connectivity index (χ1) is 8.50. The van der Waals surface area contributed by atoms with Crippen LogP contribution in [0.1, 0.15) is 39.7 Å². The first-order valence-corrected chi connectivity index (χ1v) is 6.05. The van der Waals surface area contributed by atoms with Gasteiger partial charge in [-0.25, -0.2) is 0 Å². The van der Waals surface area contributed by atoms with Gasteiger partial charge in [0, 0.05) is 5.56 Å². The van der Waals surface area contributed by atoms with Crippen molar-refractivity contribution in [1.82, 2.24) is 10.2 Å². The summed E-state index contributed by atoms with van der Waals surface area (Å²) < 4.78 is 0. The van der Waals surface area contributed by atoms with Gasteiger partial charge in [0.25, 0.3) is 0 Å².